The average Bonchev–Trinajstić information content (AvgIpc) is 3.25. The number of rotatable bonds is 5. The van der Waals surface area contributed by atoms with E-state index in [2.05, 4.69) is 95.4 Å². The molecule has 2 atom stereocenters. The van der Waals surface area contributed by atoms with Crippen LogP contribution < -0.4 is 0 Å². The topological polar surface area (TPSA) is 15.4 Å². The predicted octanol–water partition coefficient (Wildman–Crippen LogP) is 5.50. The maximum atomic E-state index is 5.14. The predicted molar refractivity (Wildman–Crippen MR) is 112 cm³/mol. The Hall–Kier alpha value is -2.22. The molecule has 0 bridgehead atoms. The molecule has 2 heteroatoms. The molecule has 0 radical (unpaired) electrons. The molecular weight excluding hydrogens is 316 g/mol. The van der Waals surface area contributed by atoms with Gasteiger partial charge in [-0.2, -0.15) is 0 Å². The number of hydrogen-bond donors (Lipinski definition) is 0. The van der Waals surface area contributed by atoms with E-state index in [9.17, 15) is 0 Å². The first kappa shape index (κ1) is 18.6. The molecule has 0 amide bonds. The highest BCUT2D eigenvalue weighted by molar-refractivity contribution is 6.03. The summed E-state index contributed by atoms with van der Waals surface area (Å²) < 4.78 is 2.23. The van der Waals surface area contributed by atoms with Gasteiger partial charge in [0.15, 0.2) is 11.9 Å². The van der Waals surface area contributed by atoms with Gasteiger partial charge in [0, 0.05) is 24.1 Å². The number of fused-ring (bicyclic) bond motifs is 2. The van der Waals surface area contributed by atoms with Crippen LogP contribution in [0.25, 0.3) is 0 Å². The Balaban J connectivity index is 2.04. The molecule has 1 fully saturated rings. The zero-order valence-corrected chi connectivity index (χ0v) is 17.0. The van der Waals surface area contributed by atoms with Gasteiger partial charge in [0.1, 0.15) is 7.05 Å². The van der Waals surface area contributed by atoms with E-state index >= 15 is 0 Å². The van der Waals surface area contributed by atoms with Crippen LogP contribution in [0.4, 0.5) is 0 Å². The number of hydrogen-bond acceptors (Lipinski definition) is 1. The second-order valence-electron chi connectivity index (χ2n) is 8.09. The molecule has 0 N–H and O–H groups in total. The van der Waals surface area contributed by atoms with Gasteiger partial charge < -0.3 is 0 Å². The Morgan fingerprint density at radius 2 is 2.04 bits per heavy atom. The van der Waals surface area contributed by atoms with Crippen LogP contribution in [-0.4, -0.2) is 23.0 Å². The highest BCUT2D eigenvalue weighted by Crippen LogP contribution is 2.64. The van der Waals surface area contributed by atoms with Crippen LogP contribution in [0, 0.1) is 11.3 Å². The lowest BCUT2D eigenvalue weighted by molar-refractivity contribution is -0.426. The van der Waals surface area contributed by atoms with Crippen molar-refractivity contribution in [1.29, 1.82) is 0 Å². The molecule has 26 heavy (non-hydrogen) atoms. The summed E-state index contributed by atoms with van der Waals surface area (Å²) in [6, 6.07) is 8.72. The summed E-state index contributed by atoms with van der Waals surface area (Å²) in [7, 11) is 2.12. The van der Waals surface area contributed by atoms with Crippen molar-refractivity contribution in [2.45, 2.75) is 46.6 Å². The third-order valence-electron chi connectivity index (χ3n) is 6.28. The van der Waals surface area contributed by atoms with E-state index in [-0.39, 0.29) is 11.0 Å². The van der Waals surface area contributed by atoms with Crippen molar-refractivity contribution >= 4 is 11.4 Å². The van der Waals surface area contributed by atoms with Crippen molar-refractivity contribution in [3.63, 3.8) is 0 Å². The molecule has 2 nitrogen and oxygen atoms in total. The molecule has 136 valence electrons. The standard InChI is InChI=1S/C24H31N2/c1-8-12-21(23(5,6)18(4)26(7)15-9-2)22-16-24(22)20-14-11-10-13-19(20)17(3)25-24/h8-15,22H,1,16H2,2-7H3/q+1/b15-9-,21-12-,26-18?/t22?,24-/m1/s1. The molecular formula is C24H31N2+. The van der Waals surface area contributed by atoms with Gasteiger partial charge in [0.25, 0.3) is 0 Å². The van der Waals surface area contributed by atoms with E-state index < -0.39 is 0 Å². The minimum absolute atomic E-state index is 0.0580. The van der Waals surface area contributed by atoms with E-state index in [1.54, 1.807) is 0 Å². The largest absolute Gasteiger partial charge is 0.277 e. The number of aliphatic imine (C=N–C) groups is 1. The van der Waals surface area contributed by atoms with E-state index in [1.807, 2.05) is 6.08 Å². The molecule has 1 aromatic carbocycles. The maximum absolute atomic E-state index is 5.14. The lowest BCUT2D eigenvalue weighted by Gasteiger charge is -2.27. The van der Waals surface area contributed by atoms with Crippen molar-refractivity contribution in [1.82, 2.24) is 0 Å². The first-order chi connectivity index (χ1) is 12.3. The van der Waals surface area contributed by atoms with Gasteiger partial charge in [-0.3, -0.25) is 4.99 Å². The molecule has 1 heterocycles. The van der Waals surface area contributed by atoms with E-state index in [1.165, 1.54) is 28.1 Å². The van der Waals surface area contributed by atoms with Gasteiger partial charge in [-0.05, 0) is 51.3 Å². The minimum Gasteiger partial charge on any atom is -0.277 e. The van der Waals surface area contributed by atoms with Crippen LogP contribution in [-0.2, 0) is 5.54 Å². The monoisotopic (exact) mass is 347 g/mol. The molecule has 2 aliphatic rings. The summed E-state index contributed by atoms with van der Waals surface area (Å²) >= 11 is 0. The quantitative estimate of drug-likeness (QED) is 0.380. The minimum atomic E-state index is -0.0633. The van der Waals surface area contributed by atoms with Crippen LogP contribution in [0.2, 0.25) is 0 Å². The van der Waals surface area contributed by atoms with E-state index in [4.69, 9.17) is 4.99 Å². The van der Waals surface area contributed by atoms with E-state index in [0.717, 1.165) is 6.42 Å². The number of allylic oxidation sites excluding steroid dienone is 3. The highest BCUT2D eigenvalue weighted by atomic mass is 15.0. The van der Waals surface area contributed by atoms with Crippen molar-refractivity contribution in [2.75, 3.05) is 7.05 Å². The van der Waals surface area contributed by atoms with Crippen molar-refractivity contribution in [3.05, 3.63) is 72.0 Å². The third-order valence-corrected chi connectivity index (χ3v) is 6.28. The van der Waals surface area contributed by atoms with Crippen molar-refractivity contribution < 1.29 is 4.58 Å². The Morgan fingerprint density at radius 3 is 2.69 bits per heavy atom. The molecule has 1 spiro atoms. The fraction of sp³-hybridized carbons (Fsp3) is 0.417. The normalized spacial score (nSPS) is 26.0. The Kier molecular flexibility index (Phi) is 4.64. The van der Waals surface area contributed by atoms with Crippen molar-refractivity contribution in [3.8, 4) is 0 Å². The summed E-state index contributed by atoms with van der Waals surface area (Å²) in [5.74, 6) is 0.433. The maximum Gasteiger partial charge on any atom is 0.164 e. The molecule has 1 aromatic rings. The highest BCUT2D eigenvalue weighted by Gasteiger charge is 2.62. The molecule has 1 saturated carbocycles. The smallest absolute Gasteiger partial charge is 0.164 e. The van der Waals surface area contributed by atoms with Crippen LogP contribution >= 0.6 is 0 Å². The van der Waals surface area contributed by atoms with Crippen LogP contribution in [0.15, 0.2) is 65.8 Å². The fourth-order valence-corrected chi connectivity index (χ4v) is 4.51. The van der Waals surface area contributed by atoms with Gasteiger partial charge in [0.05, 0.1) is 11.0 Å². The Bertz CT molecular complexity index is 864. The van der Waals surface area contributed by atoms with Gasteiger partial charge >= 0.3 is 0 Å². The van der Waals surface area contributed by atoms with Crippen LogP contribution in [0.3, 0.4) is 0 Å². The Morgan fingerprint density at radius 1 is 1.35 bits per heavy atom. The molecule has 3 rings (SSSR count). The first-order valence-corrected chi connectivity index (χ1v) is 9.48. The second-order valence-corrected chi connectivity index (χ2v) is 8.09. The zero-order valence-electron chi connectivity index (χ0n) is 17.0. The zero-order chi connectivity index (χ0) is 19.1. The van der Waals surface area contributed by atoms with Crippen LogP contribution in [0.1, 0.15) is 52.2 Å². The van der Waals surface area contributed by atoms with E-state index in [0.29, 0.717) is 5.92 Å². The second kappa shape index (κ2) is 6.50. The lowest BCUT2D eigenvalue weighted by atomic mass is 9.75. The van der Waals surface area contributed by atoms with Gasteiger partial charge in [0.2, 0.25) is 0 Å². The Labute approximate surface area is 158 Å². The molecule has 1 unspecified atom stereocenters. The van der Waals surface area contributed by atoms with Gasteiger partial charge in [-0.1, -0.05) is 43.0 Å². The van der Waals surface area contributed by atoms with Crippen LogP contribution in [0.5, 0.6) is 0 Å². The molecule has 1 aliphatic carbocycles. The molecule has 1 aliphatic heterocycles. The summed E-state index contributed by atoms with van der Waals surface area (Å²) in [5, 5.41) is 0. The fourth-order valence-electron chi connectivity index (χ4n) is 4.51. The number of nitrogens with zero attached hydrogens (tertiary/aromatic N) is 2. The summed E-state index contributed by atoms with van der Waals surface area (Å²) in [5.41, 5.74) is 6.52. The average molecular weight is 348 g/mol. The molecule has 0 aromatic heterocycles. The molecule has 0 saturated heterocycles. The van der Waals surface area contributed by atoms with Gasteiger partial charge in [-0.15, -0.1) is 0 Å². The van der Waals surface area contributed by atoms with Gasteiger partial charge in [-0.25, -0.2) is 4.58 Å². The first-order valence-electron chi connectivity index (χ1n) is 9.48. The summed E-state index contributed by atoms with van der Waals surface area (Å²) in [4.78, 5) is 5.14. The third kappa shape index (κ3) is 2.72. The summed E-state index contributed by atoms with van der Waals surface area (Å²) in [6.07, 6.45) is 9.45. The van der Waals surface area contributed by atoms with Crippen molar-refractivity contribution in [2.24, 2.45) is 16.3 Å². The number of benzene rings is 1. The lowest BCUT2D eigenvalue weighted by Crippen LogP contribution is -2.32. The summed E-state index contributed by atoms with van der Waals surface area (Å²) in [6.45, 7) is 15.1. The SMILES string of the molecule is C=C/C=C(/C1C[C@]12N=C(C)c1ccccc12)C(C)(C)C(C)=[N+](C)/C=C\C.